The molecular weight excluding hydrogens is 430 g/mol. The van der Waals surface area contributed by atoms with E-state index >= 15 is 0 Å². The number of aryl methyl sites for hydroxylation is 2. The molecule has 3 heterocycles. The summed E-state index contributed by atoms with van der Waals surface area (Å²) in [6, 6.07) is 14.2. The van der Waals surface area contributed by atoms with Crippen molar-refractivity contribution in [3.63, 3.8) is 0 Å². The van der Waals surface area contributed by atoms with Crippen molar-refractivity contribution in [2.75, 3.05) is 19.9 Å². The van der Waals surface area contributed by atoms with Gasteiger partial charge in [0.2, 0.25) is 18.6 Å². The lowest BCUT2D eigenvalue weighted by Crippen LogP contribution is -2.40. The van der Waals surface area contributed by atoms with Crippen LogP contribution in [-0.2, 0) is 24.3 Å². The maximum atomic E-state index is 12.7. The van der Waals surface area contributed by atoms with E-state index in [2.05, 4.69) is 41.4 Å². The van der Waals surface area contributed by atoms with Gasteiger partial charge >= 0.3 is 0 Å². The molecule has 2 aromatic carbocycles. The molecule has 0 spiro atoms. The van der Waals surface area contributed by atoms with Crippen LogP contribution in [0.25, 0.3) is 11.5 Å². The van der Waals surface area contributed by atoms with Crippen LogP contribution in [0.2, 0.25) is 0 Å². The number of fused-ring (bicyclic) bond motifs is 1. The van der Waals surface area contributed by atoms with E-state index in [9.17, 15) is 4.79 Å². The summed E-state index contributed by atoms with van der Waals surface area (Å²) in [6.45, 7) is 7.36. The number of amides is 1. The highest BCUT2D eigenvalue weighted by Gasteiger charge is 2.26. The number of aromatic nitrogens is 1. The fourth-order valence-electron chi connectivity index (χ4n) is 4.53. The molecule has 1 aromatic heterocycles. The van der Waals surface area contributed by atoms with Gasteiger partial charge < -0.3 is 19.2 Å². The van der Waals surface area contributed by atoms with Crippen molar-refractivity contribution < 1.29 is 18.7 Å². The lowest BCUT2D eigenvalue weighted by atomic mass is 9.95. The molecule has 0 aliphatic carbocycles. The molecule has 0 unspecified atom stereocenters. The highest BCUT2D eigenvalue weighted by atomic mass is 16.7. The Labute approximate surface area is 200 Å². The summed E-state index contributed by atoms with van der Waals surface area (Å²) in [4.78, 5) is 19.8. The average Bonchev–Trinajstić information content (AvgIpc) is 3.49. The van der Waals surface area contributed by atoms with E-state index in [1.807, 2.05) is 25.1 Å². The van der Waals surface area contributed by atoms with Gasteiger partial charge in [-0.3, -0.25) is 9.69 Å². The first kappa shape index (κ1) is 22.5. The largest absolute Gasteiger partial charge is 0.454 e. The minimum absolute atomic E-state index is 0.0382. The summed E-state index contributed by atoms with van der Waals surface area (Å²) in [5.74, 6) is 3.19. The van der Waals surface area contributed by atoms with Crippen molar-refractivity contribution in [3.05, 3.63) is 65.0 Å². The number of hydrogen-bond acceptors (Lipinski definition) is 6. The molecule has 1 saturated heterocycles. The Balaban J connectivity index is 1.11. The van der Waals surface area contributed by atoms with Crippen molar-refractivity contribution in [1.29, 1.82) is 0 Å². The predicted molar refractivity (Wildman–Crippen MR) is 128 cm³/mol. The minimum atomic E-state index is 0.0382. The molecule has 0 atom stereocenters. The molecular formula is C27H31N3O4. The van der Waals surface area contributed by atoms with Gasteiger partial charge in [-0.05, 0) is 74.7 Å². The van der Waals surface area contributed by atoms with Crippen molar-refractivity contribution >= 4 is 5.91 Å². The number of benzene rings is 2. The summed E-state index contributed by atoms with van der Waals surface area (Å²) in [6.07, 6.45) is 2.70. The van der Waals surface area contributed by atoms with Crippen LogP contribution < -0.4 is 14.8 Å². The topological polar surface area (TPSA) is 76.8 Å². The fraction of sp³-hybridized carbons (Fsp3) is 0.407. The number of piperidine rings is 1. The third-order valence-corrected chi connectivity index (χ3v) is 6.74. The normalized spacial score (nSPS) is 16.1. The first-order chi connectivity index (χ1) is 16.6. The number of rotatable bonds is 7. The van der Waals surface area contributed by atoms with Crippen LogP contribution in [0, 0.1) is 12.8 Å². The van der Waals surface area contributed by atoms with E-state index in [4.69, 9.17) is 18.9 Å². The smallest absolute Gasteiger partial charge is 0.231 e. The Morgan fingerprint density at radius 2 is 1.79 bits per heavy atom. The summed E-state index contributed by atoms with van der Waals surface area (Å²) < 4.78 is 16.7. The van der Waals surface area contributed by atoms with E-state index in [-0.39, 0.29) is 18.6 Å². The van der Waals surface area contributed by atoms with Gasteiger partial charge in [-0.25, -0.2) is 4.98 Å². The SMILES string of the molecule is CCc1ccc(-c2nc(CN3CCC(C(=O)NCc4ccc5c(c4)OCO5)CC3)c(C)o2)cc1. The van der Waals surface area contributed by atoms with E-state index in [0.29, 0.717) is 12.4 Å². The lowest BCUT2D eigenvalue weighted by Gasteiger charge is -2.30. The molecule has 178 valence electrons. The Bertz CT molecular complexity index is 1150. The Hall–Kier alpha value is -3.32. The van der Waals surface area contributed by atoms with E-state index in [1.54, 1.807) is 0 Å². The second kappa shape index (κ2) is 9.89. The molecule has 0 saturated carbocycles. The number of oxazole rings is 1. The van der Waals surface area contributed by atoms with Crippen LogP contribution in [0.15, 0.2) is 46.9 Å². The maximum Gasteiger partial charge on any atom is 0.231 e. The van der Waals surface area contributed by atoms with Gasteiger partial charge in [-0.2, -0.15) is 0 Å². The summed E-state index contributed by atoms with van der Waals surface area (Å²) in [5, 5.41) is 3.08. The van der Waals surface area contributed by atoms with Crippen molar-refractivity contribution in [1.82, 2.24) is 15.2 Å². The van der Waals surface area contributed by atoms with Crippen LogP contribution in [0.5, 0.6) is 11.5 Å². The third-order valence-electron chi connectivity index (χ3n) is 6.74. The van der Waals surface area contributed by atoms with E-state index in [0.717, 1.165) is 73.0 Å². The van der Waals surface area contributed by atoms with Crippen molar-refractivity contribution in [2.45, 2.75) is 46.2 Å². The summed E-state index contributed by atoms with van der Waals surface area (Å²) >= 11 is 0. The number of ether oxygens (including phenoxy) is 2. The molecule has 3 aromatic rings. The molecule has 1 N–H and O–H groups in total. The number of nitrogens with one attached hydrogen (secondary N) is 1. The number of likely N-dealkylation sites (tertiary alicyclic amines) is 1. The molecule has 7 nitrogen and oxygen atoms in total. The Morgan fingerprint density at radius 3 is 2.56 bits per heavy atom. The highest BCUT2D eigenvalue weighted by Crippen LogP contribution is 2.32. The summed E-state index contributed by atoms with van der Waals surface area (Å²) in [5.41, 5.74) is 4.29. The van der Waals surface area contributed by atoms with Crippen LogP contribution in [0.3, 0.4) is 0 Å². The number of nitrogens with zero attached hydrogens (tertiary/aromatic N) is 2. The second-order valence-electron chi connectivity index (χ2n) is 9.03. The van der Waals surface area contributed by atoms with Crippen LogP contribution in [-0.4, -0.2) is 35.7 Å². The maximum absolute atomic E-state index is 12.7. The zero-order chi connectivity index (χ0) is 23.5. The van der Waals surface area contributed by atoms with E-state index < -0.39 is 0 Å². The first-order valence-electron chi connectivity index (χ1n) is 12.0. The van der Waals surface area contributed by atoms with Crippen LogP contribution in [0.4, 0.5) is 0 Å². The molecule has 1 fully saturated rings. The molecule has 34 heavy (non-hydrogen) atoms. The van der Waals surface area contributed by atoms with Gasteiger partial charge in [-0.15, -0.1) is 0 Å². The molecule has 0 radical (unpaired) electrons. The zero-order valence-electron chi connectivity index (χ0n) is 19.8. The molecule has 0 bridgehead atoms. The third kappa shape index (κ3) is 4.94. The Morgan fingerprint density at radius 1 is 1.06 bits per heavy atom. The van der Waals surface area contributed by atoms with Crippen molar-refractivity contribution in [2.24, 2.45) is 5.92 Å². The second-order valence-corrected chi connectivity index (χ2v) is 9.03. The Kier molecular flexibility index (Phi) is 6.54. The predicted octanol–water partition coefficient (Wildman–Crippen LogP) is 4.47. The number of carbonyl (C=O) groups is 1. The monoisotopic (exact) mass is 461 g/mol. The van der Waals surface area contributed by atoms with Crippen LogP contribution in [0.1, 0.15) is 42.3 Å². The summed E-state index contributed by atoms with van der Waals surface area (Å²) in [7, 11) is 0. The molecule has 2 aliphatic rings. The molecule has 1 amide bonds. The van der Waals surface area contributed by atoms with E-state index in [1.165, 1.54) is 5.56 Å². The van der Waals surface area contributed by atoms with Gasteiger partial charge in [0.25, 0.3) is 0 Å². The van der Waals surface area contributed by atoms with Gasteiger partial charge in [-0.1, -0.05) is 25.1 Å². The van der Waals surface area contributed by atoms with Crippen LogP contribution >= 0.6 is 0 Å². The average molecular weight is 462 g/mol. The quantitative estimate of drug-likeness (QED) is 0.560. The van der Waals surface area contributed by atoms with Gasteiger partial charge in [0.1, 0.15) is 5.76 Å². The fourth-order valence-corrected chi connectivity index (χ4v) is 4.53. The standard InChI is InChI=1S/C27H31N3O4/c1-3-19-4-7-22(8-5-19)27-29-23(18(2)34-27)16-30-12-10-21(11-13-30)26(31)28-15-20-6-9-24-25(14-20)33-17-32-24/h4-9,14,21H,3,10-13,15-17H2,1-2H3,(H,28,31). The number of hydrogen-bond donors (Lipinski definition) is 1. The minimum Gasteiger partial charge on any atom is -0.454 e. The zero-order valence-corrected chi connectivity index (χ0v) is 19.8. The van der Waals surface area contributed by atoms with Gasteiger partial charge in [0, 0.05) is 24.6 Å². The van der Waals surface area contributed by atoms with Crippen molar-refractivity contribution in [3.8, 4) is 23.0 Å². The lowest BCUT2D eigenvalue weighted by molar-refractivity contribution is -0.126. The molecule has 7 heteroatoms. The molecule has 2 aliphatic heterocycles. The van der Waals surface area contributed by atoms with Gasteiger partial charge in [0.05, 0.1) is 5.69 Å². The first-order valence-corrected chi connectivity index (χ1v) is 12.0. The molecule has 5 rings (SSSR count). The van der Waals surface area contributed by atoms with Gasteiger partial charge in [0.15, 0.2) is 11.5 Å². The highest BCUT2D eigenvalue weighted by molar-refractivity contribution is 5.78. The number of carbonyl (C=O) groups excluding carboxylic acids is 1.